The highest BCUT2D eigenvalue weighted by molar-refractivity contribution is 5.98. The predicted octanol–water partition coefficient (Wildman–Crippen LogP) is 3.33. The highest BCUT2D eigenvalue weighted by Gasteiger charge is 2.47. The summed E-state index contributed by atoms with van der Waals surface area (Å²) in [5, 5.41) is 5.70. The molecule has 126 valence electrons. The first-order chi connectivity index (χ1) is 11.3. The van der Waals surface area contributed by atoms with Gasteiger partial charge in [-0.15, -0.1) is 12.4 Å². The molecule has 4 aliphatic rings. The molecule has 1 saturated carbocycles. The molecule has 24 heavy (non-hydrogen) atoms. The van der Waals surface area contributed by atoms with E-state index in [0.717, 1.165) is 16.9 Å². The third kappa shape index (κ3) is 2.60. The first-order valence-corrected chi connectivity index (χ1v) is 8.78. The number of fused-ring (bicyclic) bond motifs is 1. The molecule has 6 rings (SSSR count). The van der Waals surface area contributed by atoms with E-state index >= 15 is 0 Å². The van der Waals surface area contributed by atoms with Crippen molar-refractivity contribution in [2.75, 3.05) is 19.6 Å². The van der Waals surface area contributed by atoms with E-state index in [1.165, 1.54) is 37.9 Å². The lowest BCUT2D eigenvalue weighted by atomic mass is 9.65. The van der Waals surface area contributed by atoms with Crippen molar-refractivity contribution in [2.24, 2.45) is 17.8 Å². The number of benzene rings is 2. The molecule has 0 radical (unpaired) electrons. The van der Waals surface area contributed by atoms with Crippen molar-refractivity contribution in [3.05, 3.63) is 48.0 Å². The van der Waals surface area contributed by atoms with Crippen molar-refractivity contribution in [3.63, 3.8) is 0 Å². The van der Waals surface area contributed by atoms with Crippen LogP contribution in [0.15, 0.2) is 42.5 Å². The summed E-state index contributed by atoms with van der Waals surface area (Å²) in [6.07, 6.45) is 2.60. The van der Waals surface area contributed by atoms with Crippen molar-refractivity contribution in [2.45, 2.75) is 18.9 Å². The van der Waals surface area contributed by atoms with Gasteiger partial charge in [0.25, 0.3) is 5.91 Å². The normalized spacial score (nSPS) is 33.2. The maximum absolute atomic E-state index is 12.8. The van der Waals surface area contributed by atoms with Gasteiger partial charge in [0, 0.05) is 31.2 Å². The Balaban J connectivity index is 0.00000146. The molecule has 3 heterocycles. The molecule has 4 fully saturated rings. The monoisotopic (exact) mass is 342 g/mol. The number of hydrogen-bond acceptors (Lipinski definition) is 2. The zero-order valence-electron chi connectivity index (χ0n) is 13.7. The first-order valence-electron chi connectivity index (χ1n) is 8.78. The molecule has 4 bridgehead atoms. The number of halogens is 1. The molecular weight excluding hydrogens is 320 g/mol. The molecule has 1 amide bonds. The average Bonchev–Trinajstić information content (AvgIpc) is 2.57. The lowest BCUT2D eigenvalue weighted by molar-refractivity contribution is -0.0418. The van der Waals surface area contributed by atoms with Crippen LogP contribution in [0.3, 0.4) is 0 Å². The van der Waals surface area contributed by atoms with Crippen LogP contribution < -0.4 is 5.32 Å². The molecular formula is C20H23ClN2O. The fourth-order valence-electron chi connectivity index (χ4n) is 5.21. The standard InChI is InChI=1S/C20H22N2O.ClH/c23-20(16-6-5-14-3-1-2-4-15(14)9-16)21-19-17-7-13-8-18(19)12-22(10-13)11-17;/h1-6,9,13,17-19H,7-8,10-12H2,(H,21,23);1H/t13?,17-,18-,19?;/m1./s1. The quantitative estimate of drug-likeness (QED) is 0.908. The number of amides is 1. The molecule has 0 aromatic heterocycles. The molecule has 2 atom stereocenters. The third-order valence-corrected chi connectivity index (χ3v) is 6.10. The molecule has 0 unspecified atom stereocenters. The van der Waals surface area contributed by atoms with Gasteiger partial charge in [0.05, 0.1) is 0 Å². The van der Waals surface area contributed by atoms with Crippen LogP contribution >= 0.6 is 12.4 Å². The minimum Gasteiger partial charge on any atom is -0.349 e. The summed E-state index contributed by atoms with van der Waals surface area (Å²) in [5.41, 5.74) is 0.790. The Bertz CT molecular complexity index is 747. The van der Waals surface area contributed by atoms with E-state index in [1.54, 1.807) is 0 Å². The zero-order chi connectivity index (χ0) is 15.4. The first kappa shape index (κ1) is 15.9. The van der Waals surface area contributed by atoms with Crippen LogP contribution in [0.25, 0.3) is 10.8 Å². The molecule has 0 spiro atoms. The number of nitrogens with zero attached hydrogens (tertiary/aromatic N) is 1. The average molecular weight is 343 g/mol. The predicted molar refractivity (Wildman–Crippen MR) is 98.6 cm³/mol. The van der Waals surface area contributed by atoms with E-state index in [2.05, 4.69) is 22.3 Å². The number of piperidine rings is 3. The van der Waals surface area contributed by atoms with Crippen LogP contribution in [0.1, 0.15) is 23.2 Å². The van der Waals surface area contributed by atoms with Gasteiger partial charge in [-0.1, -0.05) is 30.3 Å². The van der Waals surface area contributed by atoms with Gasteiger partial charge in [0.15, 0.2) is 0 Å². The zero-order valence-corrected chi connectivity index (χ0v) is 14.5. The lowest BCUT2D eigenvalue weighted by Crippen LogP contribution is -2.64. The van der Waals surface area contributed by atoms with Crippen LogP contribution in [-0.4, -0.2) is 36.5 Å². The minimum atomic E-state index is 0. The van der Waals surface area contributed by atoms with Gasteiger partial charge < -0.3 is 10.2 Å². The summed E-state index contributed by atoms with van der Waals surface area (Å²) in [6, 6.07) is 14.6. The maximum atomic E-state index is 12.8. The Morgan fingerprint density at radius 1 is 0.958 bits per heavy atom. The van der Waals surface area contributed by atoms with Crippen LogP contribution in [0, 0.1) is 17.8 Å². The van der Waals surface area contributed by atoms with Gasteiger partial charge in [-0.25, -0.2) is 0 Å². The number of carbonyl (C=O) groups excluding carboxylic acids is 1. The summed E-state index contributed by atoms with van der Waals surface area (Å²) in [4.78, 5) is 15.4. The fraction of sp³-hybridized carbons (Fsp3) is 0.450. The van der Waals surface area contributed by atoms with Crippen LogP contribution in [0.5, 0.6) is 0 Å². The number of carbonyl (C=O) groups is 1. The van der Waals surface area contributed by atoms with Crippen molar-refractivity contribution in [1.29, 1.82) is 0 Å². The summed E-state index contributed by atoms with van der Waals surface area (Å²) in [7, 11) is 0. The third-order valence-electron chi connectivity index (χ3n) is 6.10. The molecule has 1 N–H and O–H groups in total. The van der Waals surface area contributed by atoms with Gasteiger partial charge in [-0.3, -0.25) is 4.79 Å². The Hall–Kier alpha value is -1.58. The molecule has 1 aliphatic carbocycles. The van der Waals surface area contributed by atoms with Gasteiger partial charge in [-0.05, 0) is 53.5 Å². The summed E-state index contributed by atoms with van der Waals surface area (Å²) < 4.78 is 0. The largest absolute Gasteiger partial charge is 0.349 e. The van der Waals surface area contributed by atoms with Gasteiger partial charge >= 0.3 is 0 Å². The Morgan fingerprint density at radius 2 is 1.67 bits per heavy atom. The highest BCUT2D eigenvalue weighted by atomic mass is 35.5. The van der Waals surface area contributed by atoms with Crippen LogP contribution in [0.2, 0.25) is 0 Å². The van der Waals surface area contributed by atoms with Gasteiger partial charge in [0.2, 0.25) is 0 Å². The highest BCUT2D eigenvalue weighted by Crippen LogP contribution is 2.43. The molecule has 3 saturated heterocycles. The Labute approximate surface area is 148 Å². The van der Waals surface area contributed by atoms with Crippen LogP contribution in [-0.2, 0) is 0 Å². The van der Waals surface area contributed by atoms with E-state index in [9.17, 15) is 4.79 Å². The number of rotatable bonds is 2. The topological polar surface area (TPSA) is 32.3 Å². The Kier molecular flexibility index (Phi) is 4.01. The van der Waals surface area contributed by atoms with E-state index in [0.29, 0.717) is 17.9 Å². The second-order valence-electron chi connectivity index (χ2n) is 7.64. The van der Waals surface area contributed by atoms with E-state index in [1.807, 2.05) is 30.3 Å². The summed E-state index contributed by atoms with van der Waals surface area (Å²) in [6.45, 7) is 3.64. The van der Waals surface area contributed by atoms with Crippen molar-refractivity contribution in [3.8, 4) is 0 Å². The maximum Gasteiger partial charge on any atom is 0.251 e. The molecule has 3 nitrogen and oxygen atoms in total. The van der Waals surface area contributed by atoms with Gasteiger partial charge in [-0.2, -0.15) is 0 Å². The minimum absolute atomic E-state index is 0. The number of nitrogens with one attached hydrogen (secondary N) is 1. The van der Waals surface area contributed by atoms with E-state index in [4.69, 9.17) is 0 Å². The van der Waals surface area contributed by atoms with E-state index < -0.39 is 0 Å². The second-order valence-corrected chi connectivity index (χ2v) is 7.64. The second kappa shape index (κ2) is 6.05. The van der Waals surface area contributed by atoms with Crippen molar-refractivity contribution < 1.29 is 4.79 Å². The molecule has 4 heteroatoms. The molecule has 2 aromatic carbocycles. The summed E-state index contributed by atoms with van der Waals surface area (Å²) >= 11 is 0. The SMILES string of the molecule is Cl.O=C(NC1[C@@H]2CC3C[C@@H]1CN(C3)C2)c1ccc2ccccc2c1. The smallest absolute Gasteiger partial charge is 0.251 e. The van der Waals surface area contributed by atoms with E-state index in [-0.39, 0.29) is 18.3 Å². The van der Waals surface area contributed by atoms with Crippen molar-refractivity contribution >= 4 is 29.1 Å². The Morgan fingerprint density at radius 3 is 2.38 bits per heavy atom. The number of hydrogen-bond donors (Lipinski definition) is 1. The van der Waals surface area contributed by atoms with Crippen LogP contribution in [0.4, 0.5) is 0 Å². The lowest BCUT2D eigenvalue weighted by Gasteiger charge is -2.55. The molecule has 2 aromatic rings. The molecule has 3 aliphatic heterocycles. The van der Waals surface area contributed by atoms with Gasteiger partial charge in [0.1, 0.15) is 0 Å². The van der Waals surface area contributed by atoms with Crippen molar-refractivity contribution in [1.82, 2.24) is 10.2 Å². The summed E-state index contributed by atoms with van der Waals surface area (Å²) in [5.74, 6) is 2.29. The fourth-order valence-corrected chi connectivity index (χ4v) is 5.21.